The second-order valence-electron chi connectivity index (χ2n) is 10.5. The number of hydrogen-bond donors (Lipinski definition) is 1. The van der Waals surface area contributed by atoms with Crippen LogP contribution in [0.25, 0.3) is 0 Å². The molecule has 3 aromatic rings. The van der Waals surface area contributed by atoms with E-state index in [1.165, 1.54) is 17.0 Å². The number of amides is 2. The molecule has 1 atom stereocenters. The van der Waals surface area contributed by atoms with Crippen molar-refractivity contribution in [2.75, 3.05) is 17.5 Å². The Morgan fingerprint density at radius 1 is 0.977 bits per heavy atom. The van der Waals surface area contributed by atoms with Gasteiger partial charge < -0.3 is 15.0 Å². The van der Waals surface area contributed by atoms with Crippen LogP contribution < -0.4 is 14.4 Å². The average Bonchev–Trinajstić information content (AvgIpc) is 3.51. The van der Waals surface area contributed by atoms with Crippen LogP contribution in [0.5, 0.6) is 5.75 Å². The number of sulfonamides is 1. The third-order valence-corrected chi connectivity index (χ3v) is 10.1. The maximum atomic E-state index is 14.3. The number of benzene rings is 3. The van der Waals surface area contributed by atoms with Gasteiger partial charge in [-0.2, -0.15) is 0 Å². The van der Waals surface area contributed by atoms with Gasteiger partial charge in [-0.3, -0.25) is 13.9 Å². The molecule has 0 saturated heterocycles. The zero-order chi connectivity index (χ0) is 31.9. The van der Waals surface area contributed by atoms with E-state index >= 15 is 0 Å². The van der Waals surface area contributed by atoms with Crippen LogP contribution in [-0.4, -0.2) is 50.4 Å². The third-order valence-electron chi connectivity index (χ3n) is 7.59. The van der Waals surface area contributed by atoms with Crippen LogP contribution in [0.2, 0.25) is 10.0 Å². The molecule has 0 spiro atoms. The predicted molar refractivity (Wildman–Crippen MR) is 170 cm³/mol. The van der Waals surface area contributed by atoms with E-state index in [0.29, 0.717) is 28.0 Å². The molecule has 1 saturated carbocycles. The Bertz CT molecular complexity index is 1530. The Kier molecular flexibility index (Phi) is 11.5. The van der Waals surface area contributed by atoms with Crippen LogP contribution >= 0.6 is 23.2 Å². The zero-order valence-corrected chi connectivity index (χ0v) is 27.0. The van der Waals surface area contributed by atoms with Crippen LogP contribution in [0.1, 0.15) is 51.5 Å². The SMILES string of the molecule is CCOc1ccc(N(CC(=O)N(Cc2c(Cl)cccc2Cl)[C@@H](CC)C(=O)NC2CCCC2)S(=O)(=O)c2ccc(F)cc2)cc1. The Hall–Kier alpha value is -3.34. The van der Waals surface area contributed by atoms with Gasteiger partial charge in [0, 0.05) is 28.2 Å². The molecule has 2 amide bonds. The number of nitrogens with zero attached hydrogens (tertiary/aromatic N) is 2. The highest BCUT2D eigenvalue weighted by Crippen LogP contribution is 2.30. The van der Waals surface area contributed by atoms with Crippen molar-refractivity contribution in [2.24, 2.45) is 0 Å². The van der Waals surface area contributed by atoms with Gasteiger partial charge in [0.25, 0.3) is 10.0 Å². The van der Waals surface area contributed by atoms with Gasteiger partial charge in [0.1, 0.15) is 24.2 Å². The molecule has 1 N–H and O–H groups in total. The number of anilines is 1. The van der Waals surface area contributed by atoms with Crippen molar-refractivity contribution in [1.82, 2.24) is 10.2 Å². The van der Waals surface area contributed by atoms with E-state index in [1.807, 2.05) is 6.92 Å². The van der Waals surface area contributed by atoms with Gasteiger partial charge in [-0.05, 0) is 86.8 Å². The largest absolute Gasteiger partial charge is 0.494 e. The van der Waals surface area contributed by atoms with E-state index in [9.17, 15) is 22.4 Å². The fourth-order valence-electron chi connectivity index (χ4n) is 5.28. The number of ether oxygens (including phenoxy) is 1. The standard InChI is InChI=1S/C32H36Cl2FN3O5S/c1-3-30(32(40)36-23-8-5-6-9-23)37(20-27-28(33)10-7-11-29(27)34)31(39)21-38(24-14-16-25(17-15-24)43-4-2)44(41,42)26-18-12-22(35)13-19-26/h7,10-19,23,30H,3-6,8-9,20-21H2,1-2H3,(H,36,40)/t30-/m0/s1. The lowest BCUT2D eigenvalue weighted by Gasteiger charge is -2.34. The lowest BCUT2D eigenvalue weighted by atomic mass is 10.1. The molecular formula is C32H36Cl2FN3O5S. The normalized spacial score (nSPS) is 14.2. The summed E-state index contributed by atoms with van der Waals surface area (Å²) in [7, 11) is -4.36. The van der Waals surface area contributed by atoms with Gasteiger partial charge in [-0.15, -0.1) is 0 Å². The van der Waals surface area contributed by atoms with Crippen LogP contribution in [0.15, 0.2) is 71.6 Å². The minimum Gasteiger partial charge on any atom is -0.494 e. The second-order valence-corrected chi connectivity index (χ2v) is 13.2. The lowest BCUT2D eigenvalue weighted by molar-refractivity contribution is -0.140. The molecule has 12 heteroatoms. The molecule has 1 fully saturated rings. The summed E-state index contributed by atoms with van der Waals surface area (Å²) in [4.78, 5) is 29.0. The van der Waals surface area contributed by atoms with E-state index in [0.717, 1.165) is 54.3 Å². The maximum Gasteiger partial charge on any atom is 0.264 e. The number of carbonyl (C=O) groups is 2. The van der Waals surface area contributed by atoms with Gasteiger partial charge in [0.15, 0.2) is 0 Å². The first-order chi connectivity index (χ1) is 21.0. The fraction of sp³-hybridized carbons (Fsp3) is 0.375. The summed E-state index contributed by atoms with van der Waals surface area (Å²) in [5, 5.41) is 3.68. The first kappa shape index (κ1) is 33.6. The number of nitrogens with one attached hydrogen (secondary N) is 1. The summed E-state index contributed by atoms with van der Waals surface area (Å²) in [5.74, 6) is -1.06. The van der Waals surface area contributed by atoms with E-state index in [2.05, 4.69) is 5.32 Å². The summed E-state index contributed by atoms with van der Waals surface area (Å²) in [6.45, 7) is 3.25. The monoisotopic (exact) mass is 663 g/mol. The van der Waals surface area contributed by atoms with Crippen molar-refractivity contribution in [3.05, 3.63) is 88.2 Å². The smallest absolute Gasteiger partial charge is 0.264 e. The van der Waals surface area contributed by atoms with Crippen molar-refractivity contribution in [2.45, 2.75) is 69.5 Å². The highest BCUT2D eigenvalue weighted by Gasteiger charge is 2.35. The Balaban J connectivity index is 1.74. The number of carbonyl (C=O) groups excluding carboxylic acids is 2. The molecule has 0 heterocycles. The van der Waals surface area contributed by atoms with Crippen LogP contribution in [-0.2, 0) is 26.2 Å². The summed E-state index contributed by atoms with van der Waals surface area (Å²) >= 11 is 13.0. The maximum absolute atomic E-state index is 14.3. The highest BCUT2D eigenvalue weighted by molar-refractivity contribution is 7.92. The minimum absolute atomic E-state index is 0.0107. The molecule has 0 radical (unpaired) electrons. The molecule has 0 aliphatic heterocycles. The van der Waals surface area contributed by atoms with Crippen LogP contribution in [0.3, 0.4) is 0 Å². The summed E-state index contributed by atoms with van der Waals surface area (Å²) < 4.78 is 48.1. The second kappa shape index (κ2) is 15.1. The van der Waals surface area contributed by atoms with E-state index in [-0.39, 0.29) is 35.5 Å². The van der Waals surface area contributed by atoms with Gasteiger partial charge in [0.05, 0.1) is 17.2 Å². The molecular weight excluding hydrogens is 628 g/mol. The molecule has 236 valence electrons. The number of hydrogen-bond acceptors (Lipinski definition) is 5. The van der Waals surface area contributed by atoms with E-state index < -0.39 is 34.3 Å². The van der Waals surface area contributed by atoms with Crippen LogP contribution in [0.4, 0.5) is 10.1 Å². The number of halogens is 3. The molecule has 0 unspecified atom stereocenters. The summed E-state index contributed by atoms with van der Waals surface area (Å²) in [6, 6.07) is 14.6. The van der Waals surface area contributed by atoms with Crippen LogP contribution in [0, 0.1) is 5.82 Å². The topological polar surface area (TPSA) is 96.0 Å². The van der Waals surface area contributed by atoms with Gasteiger partial charge in [-0.25, -0.2) is 12.8 Å². The fourth-order valence-corrected chi connectivity index (χ4v) is 7.21. The van der Waals surface area contributed by atoms with E-state index in [4.69, 9.17) is 27.9 Å². The molecule has 0 bridgehead atoms. The molecule has 4 rings (SSSR count). The van der Waals surface area contributed by atoms with Crippen molar-refractivity contribution in [1.29, 1.82) is 0 Å². The Labute approximate surface area is 268 Å². The van der Waals surface area contributed by atoms with Crippen molar-refractivity contribution < 1.29 is 27.1 Å². The quantitative estimate of drug-likeness (QED) is 0.223. The van der Waals surface area contributed by atoms with Gasteiger partial charge in [-0.1, -0.05) is 49.0 Å². The molecule has 3 aromatic carbocycles. The zero-order valence-electron chi connectivity index (χ0n) is 24.6. The average molecular weight is 665 g/mol. The molecule has 1 aliphatic carbocycles. The first-order valence-electron chi connectivity index (χ1n) is 14.6. The van der Waals surface area contributed by atoms with Gasteiger partial charge in [0.2, 0.25) is 11.8 Å². The Morgan fingerprint density at radius 2 is 1.59 bits per heavy atom. The first-order valence-corrected chi connectivity index (χ1v) is 16.8. The predicted octanol–water partition coefficient (Wildman–Crippen LogP) is 6.59. The molecule has 0 aromatic heterocycles. The number of rotatable bonds is 13. The summed E-state index contributed by atoms with van der Waals surface area (Å²) in [6.07, 6.45) is 4.00. The highest BCUT2D eigenvalue weighted by atomic mass is 35.5. The molecule has 44 heavy (non-hydrogen) atoms. The van der Waals surface area contributed by atoms with Gasteiger partial charge >= 0.3 is 0 Å². The summed E-state index contributed by atoms with van der Waals surface area (Å²) in [5.41, 5.74) is 0.621. The van der Waals surface area contributed by atoms with Crippen molar-refractivity contribution in [3.63, 3.8) is 0 Å². The van der Waals surface area contributed by atoms with Crippen molar-refractivity contribution >= 4 is 50.7 Å². The van der Waals surface area contributed by atoms with Crippen molar-refractivity contribution in [3.8, 4) is 5.75 Å². The molecule has 8 nitrogen and oxygen atoms in total. The minimum atomic E-state index is -4.36. The Morgan fingerprint density at radius 3 is 2.16 bits per heavy atom. The molecule has 1 aliphatic rings. The van der Waals surface area contributed by atoms with E-state index in [1.54, 1.807) is 37.3 Å². The third kappa shape index (κ3) is 8.02. The lowest BCUT2D eigenvalue weighted by Crippen LogP contribution is -2.53.